The van der Waals surface area contributed by atoms with Crippen LogP contribution in [0.25, 0.3) is 17.0 Å². The Morgan fingerprint density at radius 2 is 2.24 bits per heavy atom. The molecule has 0 unspecified atom stereocenters. The van der Waals surface area contributed by atoms with Crippen molar-refractivity contribution in [3.05, 3.63) is 36.4 Å². The highest BCUT2D eigenvalue weighted by Crippen LogP contribution is 2.19. The van der Waals surface area contributed by atoms with Gasteiger partial charge in [0.15, 0.2) is 11.5 Å². The van der Waals surface area contributed by atoms with Crippen molar-refractivity contribution in [3.8, 4) is 5.82 Å². The first-order valence-corrected chi connectivity index (χ1v) is 5.71. The molecular formula is C11H10ClN5. The molecule has 6 heteroatoms. The predicted octanol–water partition coefficient (Wildman–Crippen LogP) is 1.89. The number of fused-ring (bicyclic) bond motifs is 1. The van der Waals surface area contributed by atoms with Crippen LogP contribution in [0, 0.1) is 0 Å². The normalized spacial score (nSPS) is 11.2. The maximum Gasteiger partial charge on any atom is 0.165 e. The number of aryl methyl sites for hydroxylation is 1. The summed E-state index contributed by atoms with van der Waals surface area (Å²) in [5.74, 6) is 1.86. The molecule has 3 aromatic heterocycles. The van der Waals surface area contributed by atoms with E-state index in [1.807, 2.05) is 36.0 Å². The molecular weight excluding hydrogens is 238 g/mol. The molecule has 3 rings (SSSR count). The average Bonchev–Trinajstić information content (AvgIpc) is 2.91. The van der Waals surface area contributed by atoms with Crippen molar-refractivity contribution in [1.29, 1.82) is 0 Å². The van der Waals surface area contributed by atoms with Crippen LogP contribution in [0.3, 0.4) is 0 Å². The Balaban J connectivity index is 2.33. The zero-order valence-corrected chi connectivity index (χ0v) is 9.96. The van der Waals surface area contributed by atoms with Gasteiger partial charge in [-0.2, -0.15) is 5.10 Å². The summed E-state index contributed by atoms with van der Waals surface area (Å²) in [5, 5.41) is 4.35. The highest BCUT2D eigenvalue weighted by molar-refractivity contribution is 6.16. The van der Waals surface area contributed by atoms with Crippen LogP contribution in [-0.2, 0) is 12.9 Å². The van der Waals surface area contributed by atoms with E-state index < -0.39 is 0 Å². The molecule has 3 heterocycles. The molecule has 17 heavy (non-hydrogen) atoms. The number of aromatic nitrogens is 5. The maximum atomic E-state index is 5.91. The summed E-state index contributed by atoms with van der Waals surface area (Å²) in [6.07, 6.45) is 3.61. The molecule has 0 radical (unpaired) electrons. The van der Waals surface area contributed by atoms with Crippen molar-refractivity contribution in [3.63, 3.8) is 0 Å². The second kappa shape index (κ2) is 3.85. The van der Waals surface area contributed by atoms with E-state index >= 15 is 0 Å². The Morgan fingerprint density at radius 3 is 2.94 bits per heavy atom. The molecule has 0 saturated heterocycles. The number of alkyl halides is 1. The minimum Gasteiger partial charge on any atom is -0.274 e. The second-order valence-electron chi connectivity index (χ2n) is 3.69. The molecule has 0 aliphatic carbocycles. The summed E-state index contributed by atoms with van der Waals surface area (Å²) in [6.45, 7) is 0. The Hall–Kier alpha value is -1.88. The lowest BCUT2D eigenvalue weighted by Gasteiger charge is -2.01. The van der Waals surface area contributed by atoms with Gasteiger partial charge in [-0.05, 0) is 12.1 Å². The van der Waals surface area contributed by atoms with Crippen LogP contribution in [0.5, 0.6) is 0 Å². The van der Waals surface area contributed by atoms with Crippen molar-refractivity contribution < 1.29 is 0 Å². The van der Waals surface area contributed by atoms with E-state index in [1.54, 1.807) is 10.9 Å². The lowest BCUT2D eigenvalue weighted by molar-refractivity contribution is 0.748. The van der Waals surface area contributed by atoms with Gasteiger partial charge in [-0.15, -0.1) is 11.6 Å². The summed E-state index contributed by atoms with van der Waals surface area (Å²) in [7, 11) is 1.87. The topological polar surface area (TPSA) is 48.5 Å². The number of imidazole rings is 1. The van der Waals surface area contributed by atoms with E-state index in [4.69, 9.17) is 11.6 Å². The van der Waals surface area contributed by atoms with Gasteiger partial charge in [0.2, 0.25) is 0 Å². The fourth-order valence-electron chi connectivity index (χ4n) is 1.81. The van der Waals surface area contributed by atoms with Gasteiger partial charge in [0.25, 0.3) is 0 Å². The van der Waals surface area contributed by atoms with Crippen LogP contribution < -0.4 is 0 Å². The standard InChI is InChI=1S/C11H10ClN5/c1-16-6-4-9(15-16)17-10(7-12)14-8-3-2-5-13-11(8)17/h2-6H,7H2,1H3. The third-order valence-electron chi connectivity index (χ3n) is 2.53. The molecule has 0 aliphatic rings. The molecule has 3 aromatic rings. The van der Waals surface area contributed by atoms with Crippen LogP contribution in [-0.4, -0.2) is 24.3 Å². The molecule has 0 fully saturated rings. The zero-order valence-electron chi connectivity index (χ0n) is 9.21. The Kier molecular flexibility index (Phi) is 2.33. The first-order valence-electron chi connectivity index (χ1n) is 5.18. The predicted molar refractivity (Wildman–Crippen MR) is 65.2 cm³/mol. The minimum absolute atomic E-state index is 0.326. The van der Waals surface area contributed by atoms with Gasteiger partial charge in [-0.3, -0.25) is 9.25 Å². The average molecular weight is 248 g/mol. The monoisotopic (exact) mass is 247 g/mol. The van der Waals surface area contributed by atoms with Gasteiger partial charge < -0.3 is 0 Å². The third-order valence-corrected chi connectivity index (χ3v) is 2.77. The molecule has 0 spiro atoms. The van der Waals surface area contributed by atoms with Gasteiger partial charge in [-0.25, -0.2) is 9.97 Å². The lowest BCUT2D eigenvalue weighted by atomic mass is 10.4. The molecule has 0 amide bonds. The van der Waals surface area contributed by atoms with Crippen LogP contribution in [0.15, 0.2) is 30.6 Å². The van der Waals surface area contributed by atoms with Crippen molar-refractivity contribution >= 4 is 22.8 Å². The van der Waals surface area contributed by atoms with E-state index in [9.17, 15) is 0 Å². The lowest BCUT2D eigenvalue weighted by Crippen LogP contribution is -2.02. The van der Waals surface area contributed by atoms with Crippen molar-refractivity contribution in [2.75, 3.05) is 0 Å². The molecule has 86 valence electrons. The summed E-state index contributed by atoms with van der Waals surface area (Å²) in [5.41, 5.74) is 1.61. The molecule has 5 nitrogen and oxygen atoms in total. The van der Waals surface area contributed by atoms with Crippen LogP contribution in [0.4, 0.5) is 0 Å². The van der Waals surface area contributed by atoms with E-state index in [2.05, 4.69) is 15.1 Å². The number of pyridine rings is 1. The number of hydrogen-bond acceptors (Lipinski definition) is 3. The van der Waals surface area contributed by atoms with E-state index in [0.29, 0.717) is 5.88 Å². The number of rotatable bonds is 2. The molecule has 0 aromatic carbocycles. The Bertz CT molecular complexity index is 669. The molecule has 0 N–H and O–H groups in total. The molecule has 0 bridgehead atoms. The SMILES string of the molecule is Cn1ccc(-n2c(CCl)nc3cccnc32)n1. The van der Waals surface area contributed by atoms with E-state index in [1.165, 1.54) is 0 Å². The highest BCUT2D eigenvalue weighted by Gasteiger charge is 2.13. The van der Waals surface area contributed by atoms with Crippen molar-refractivity contribution in [2.45, 2.75) is 5.88 Å². The largest absolute Gasteiger partial charge is 0.274 e. The van der Waals surface area contributed by atoms with Crippen LogP contribution >= 0.6 is 11.6 Å². The Morgan fingerprint density at radius 1 is 1.35 bits per heavy atom. The molecule has 0 atom stereocenters. The number of nitrogens with zero attached hydrogens (tertiary/aromatic N) is 5. The van der Waals surface area contributed by atoms with E-state index in [0.717, 1.165) is 22.8 Å². The maximum absolute atomic E-state index is 5.91. The van der Waals surface area contributed by atoms with E-state index in [-0.39, 0.29) is 0 Å². The molecule has 0 aliphatic heterocycles. The zero-order chi connectivity index (χ0) is 11.8. The fraction of sp³-hybridized carbons (Fsp3) is 0.182. The van der Waals surface area contributed by atoms with Gasteiger partial charge in [-0.1, -0.05) is 0 Å². The second-order valence-corrected chi connectivity index (χ2v) is 3.96. The van der Waals surface area contributed by atoms with Gasteiger partial charge >= 0.3 is 0 Å². The summed E-state index contributed by atoms with van der Waals surface area (Å²) < 4.78 is 3.62. The minimum atomic E-state index is 0.326. The third kappa shape index (κ3) is 1.59. The summed E-state index contributed by atoms with van der Waals surface area (Å²) >= 11 is 5.91. The smallest absolute Gasteiger partial charge is 0.165 e. The van der Waals surface area contributed by atoms with Gasteiger partial charge in [0.1, 0.15) is 11.3 Å². The van der Waals surface area contributed by atoms with Crippen molar-refractivity contribution in [1.82, 2.24) is 24.3 Å². The number of halogens is 1. The summed E-state index contributed by atoms with van der Waals surface area (Å²) in [6, 6.07) is 5.68. The van der Waals surface area contributed by atoms with Crippen molar-refractivity contribution in [2.24, 2.45) is 7.05 Å². The van der Waals surface area contributed by atoms with Crippen LogP contribution in [0.1, 0.15) is 5.82 Å². The quantitative estimate of drug-likeness (QED) is 0.650. The first-order chi connectivity index (χ1) is 8.29. The van der Waals surface area contributed by atoms with Gasteiger partial charge in [0, 0.05) is 25.5 Å². The first kappa shape index (κ1) is 10.3. The summed E-state index contributed by atoms with van der Waals surface area (Å²) in [4.78, 5) is 8.76. The van der Waals surface area contributed by atoms with Crippen LogP contribution in [0.2, 0.25) is 0 Å². The fourth-order valence-corrected chi connectivity index (χ4v) is 1.99. The number of hydrogen-bond donors (Lipinski definition) is 0. The Labute approximate surface area is 103 Å². The van der Waals surface area contributed by atoms with Gasteiger partial charge in [0.05, 0.1) is 5.88 Å². The highest BCUT2D eigenvalue weighted by atomic mass is 35.5. The molecule has 0 saturated carbocycles.